The highest BCUT2D eigenvalue weighted by atomic mass is 16.5. The molecule has 1 aromatic carbocycles. The number of hydrogen-bond acceptors (Lipinski definition) is 6. The first kappa shape index (κ1) is 18.7. The van der Waals surface area contributed by atoms with Crippen molar-refractivity contribution >= 4 is 5.91 Å². The molecule has 1 fully saturated rings. The van der Waals surface area contributed by atoms with Crippen molar-refractivity contribution in [1.29, 1.82) is 0 Å². The van der Waals surface area contributed by atoms with E-state index in [1.807, 2.05) is 28.6 Å². The summed E-state index contributed by atoms with van der Waals surface area (Å²) in [6.07, 6.45) is 2.80. The van der Waals surface area contributed by atoms with Crippen molar-refractivity contribution in [3.8, 4) is 11.5 Å². The second kappa shape index (κ2) is 7.79. The van der Waals surface area contributed by atoms with Gasteiger partial charge in [-0.05, 0) is 62.5 Å². The number of hydrogen-bond donors (Lipinski definition) is 1. The number of nitrogens with zero attached hydrogens (tertiary/aromatic N) is 4. The Morgan fingerprint density at radius 1 is 1.14 bits per heavy atom. The lowest BCUT2D eigenvalue weighted by Crippen LogP contribution is -2.36. The van der Waals surface area contributed by atoms with Gasteiger partial charge in [0.15, 0.2) is 17.2 Å². The fourth-order valence-electron chi connectivity index (χ4n) is 4.14. The van der Waals surface area contributed by atoms with Crippen LogP contribution in [-0.4, -0.2) is 59.7 Å². The van der Waals surface area contributed by atoms with E-state index in [9.17, 15) is 4.79 Å². The van der Waals surface area contributed by atoms with Gasteiger partial charge in [0.25, 0.3) is 5.91 Å². The number of fused-ring (bicyclic) bond motifs is 1. The van der Waals surface area contributed by atoms with Crippen LogP contribution in [-0.2, 0) is 13.0 Å². The van der Waals surface area contributed by atoms with Gasteiger partial charge in [0, 0.05) is 13.1 Å². The molecule has 4 rings (SSSR count). The lowest BCUT2D eigenvalue weighted by molar-refractivity contribution is 0.0727. The quantitative estimate of drug-likeness (QED) is 0.863. The molecule has 28 heavy (non-hydrogen) atoms. The maximum absolute atomic E-state index is 13.1. The molecule has 0 bridgehead atoms. The average molecular weight is 385 g/mol. The standard InChI is InChI=1S/C20H27N5O3/c1-13-19(22-23-25(13)16-4-7-21-8-5-16)20(26)24-9-6-14-10-17(27-2)18(28-3)11-15(14)12-24/h10-11,16,21H,4-9,12H2,1-3H3. The van der Waals surface area contributed by atoms with Crippen molar-refractivity contribution in [2.75, 3.05) is 33.9 Å². The van der Waals surface area contributed by atoms with E-state index in [2.05, 4.69) is 15.6 Å². The van der Waals surface area contributed by atoms with E-state index in [0.29, 0.717) is 30.6 Å². The van der Waals surface area contributed by atoms with Crippen LogP contribution in [0.3, 0.4) is 0 Å². The second-order valence-electron chi connectivity index (χ2n) is 7.40. The molecule has 0 saturated carbocycles. The normalized spacial score (nSPS) is 17.3. The number of rotatable bonds is 4. The Hall–Kier alpha value is -2.61. The molecule has 0 spiro atoms. The first-order valence-electron chi connectivity index (χ1n) is 9.78. The molecular formula is C20H27N5O3. The maximum atomic E-state index is 13.1. The molecule has 1 N–H and O–H groups in total. The van der Waals surface area contributed by atoms with E-state index in [4.69, 9.17) is 9.47 Å². The van der Waals surface area contributed by atoms with Gasteiger partial charge in [-0.3, -0.25) is 4.79 Å². The number of benzene rings is 1. The lowest BCUT2D eigenvalue weighted by atomic mass is 9.98. The second-order valence-corrected chi connectivity index (χ2v) is 7.40. The summed E-state index contributed by atoms with van der Waals surface area (Å²) in [6.45, 7) is 5.08. The highest BCUT2D eigenvalue weighted by molar-refractivity contribution is 5.93. The van der Waals surface area contributed by atoms with Crippen LogP contribution in [0.25, 0.3) is 0 Å². The van der Waals surface area contributed by atoms with Gasteiger partial charge in [0.05, 0.1) is 26.0 Å². The Morgan fingerprint density at radius 3 is 2.50 bits per heavy atom. The van der Waals surface area contributed by atoms with Gasteiger partial charge in [0.2, 0.25) is 0 Å². The van der Waals surface area contributed by atoms with Gasteiger partial charge in [-0.2, -0.15) is 0 Å². The molecular weight excluding hydrogens is 358 g/mol. The van der Waals surface area contributed by atoms with E-state index < -0.39 is 0 Å². The number of nitrogens with one attached hydrogen (secondary N) is 1. The minimum atomic E-state index is -0.0573. The minimum absolute atomic E-state index is 0.0573. The summed E-state index contributed by atoms with van der Waals surface area (Å²) in [5.74, 6) is 1.35. The van der Waals surface area contributed by atoms with E-state index in [-0.39, 0.29) is 5.91 Å². The van der Waals surface area contributed by atoms with E-state index in [0.717, 1.165) is 49.4 Å². The van der Waals surface area contributed by atoms with Crippen LogP contribution >= 0.6 is 0 Å². The molecule has 1 aromatic heterocycles. The van der Waals surface area contributed by atoms with Crippen LogP contribution in [0.4, 0.5) is 0 Å². The predicted molar refractivity (Wildman–Crippen MR) is 104 cm³/mol. The Balaban J connectivity index is 1.54. The maximum Gasteiger partial charge on any atom is 0.276 e. The number of ether oxygens (including phenoxy) is 2. The van der Waals surface area contributed by atoms with Gasteiger partial charge in [-0.25, -0.2) is 4.68 Å². The molecule has 3 heterocycles. The van der Waals surface area contributed by atoms with Gasteiger partial charge in [-0.15, -0.1) is 5.10 Å². The molecule has 1 saturated heterocycles. The van der Waals surface area contributed by atoms with Crippen molar-refractivity contribution in [3.63, 3.8) is 0 Å². The summed E-state index contributed by atoms with van der Waals surface area (Å²) in [6, 6.07) is 4.29. The first-order chi connectivity index (χ1) is 13.6. The number of carbonyl (C=O) groups is 1. The van der Waals surface area contributed by atoms with Crippen molar-refractivity contribution < 1.29 is 14.3 Å². The summed E-state index contributed by atoms with van der Waals surface area (Å²) in [5, 5.41) is 11.9. The number of piperidine rings is 1. The highest BCUT2D eigenvalue weighted by Gasteiger charge is 2.28. The molecule has 150 valence electrons. The van der Waals surface area contributed by atoms with Crippen LogP contribution < -0.4 is 14.8 Å². The number of aromatic nitrogens is 3. The fourth-order valence-corrected chi connectivity index (χ4v) is 4.14. The van der Waals surface area contributed by atoms with Crippen molar-refractivity contribution in [2.24, 2.45) is 0 Å². The zero-order chi connectivity index (χ0) is 19.7. The van der Waals surface area contributed by atoms with Crippen LogP contribution in [0.2, 0.25) is 0 Å². The molecule has 1 amide bonds. The van der Waals surface area contributed by atoms with Gasteiger partial charge < -0.3 is 19.7 Å². The van der Waals surface area contributed by atoms with Gasteiger partial charge >= 0.3 is 0 Å². The highest BCUT2D eigenvalue weighted by Crippen LogP contribution is 2.33. The third kappa shape index (κ3) is 3.32. The van der Waals surface area contributed by atoms with Gasteiger partial charge in [-0.1, -0.05) is 5.21 Å². The number of amides is 1. The van der Waals surface area contributed by atoms with Crippen molar-refractivity contribution in [3.05, 3.63) is 34.6 Å². The Bertz CT molecular complexity index is 873. The first-order valence-corrected chi connectivity index (χ1v) is 9.78. The minimum Gasteiger partial charge on any atom is -0.493 e. The molecule has 2 aliphatic rings. The van der Waals surface area contributed by atoms with Crippen molar-refractivity contribution in [1.82, 2.24) is 25.2 Å². The molecule has 0 radical (unpaired) electrons. The predicted octanol–water partition coefficient (Wildman–Crippen LogP) is 1.73. The zero-order valence-electron chi connectivity index (χ0n) is 16.7. The third-order valence-corrected chi connectivity index (χ3v) is 5.79. The Morgan fingerprint density at radius 2 is 1.82 bits per heavy atom. The summed E-state index contributed by atoms with van der Waals surface area (Å²) in [5.41, 5.74) is 3.59. The van der Waals surface area contributed by atoms with E-state index in [1.54, 1.807) is 14.2 Å². The Labute approximate surface area is 164 Å². The molecule has 2 aliphatic heterocycles. The molecule has 0 atom stereocenters. The monoisotopic (exact) mass is 385 g/mol. The summed E-state index contributed by atoms with van der Waals surface area (Å²) >= 11 is 0. The average Bonchev–Trinajstić information content (AvgIpc) is 3.13. The molecule has 0 unspecified atom stereocenters. The smallest absolute Gasteiger partial charge is 0.276 e. The van der Waals surface area contributed by atoms with Crippen LogP contribution in [0.5, 0.6) is 11.5 Å². The summed E-state index contributed by atoms with van der Waals surface area (Å²) in [7, 11) is 3.26. The van der Waals surface area contributed by atoms with Crippen LogP contribution in [0.1, 0.15) is 46.2 Å². The number of carbonyl (C=O) groups excluding carboxylic acids is 1. The zero-order valence-corrected chi connectivity index (χ0v) is 16.7. The van der Waals surface area contributed by atoms with Gasteiger partial charge in [0.1, 0.15) is 0 Å². The molecule has 0 aliphatic carbocycles. The molecule has 8 heteroatoms. The van der Waals surface area contributed by atoms with E-state index in [1.165, 1.54) is 5.56 Å². The molecule has 8 nitrogen and oxygen atoms in total. The third-order valence-electron chi connectivity index (χ3n) is 5.79. The number of methoxy groups -OCH3 is 2. The SMILES string of the molecule is COc1cc2c(cc1OC)CN(C(=O)c1nnn(C3CCNCC3)c1C)CC2. The topological polar surface area (TPSA) is 81.5 Å². The Kier molecular flexibility index (Phi) is 5.21. The van der Waals surface area contributed by atoms with E-state index >= 15 is 0 Å². The van der Waals surface area contributed by atoms with Crippen molar-refractivity contribution in [2.45, 2.75) is 38.8 Å². The fraction of sp³-hybridized carbons (Fsp3) is 0.550. The molecule has 2 aromatic rings. The largest absolute Gasteiger partial charge is 0.493 e. The van der Waals surface area contributed by atoms with Crippen LogP contribution in [0.15, 0.2) is 12.1 Å². The summed E-state index contributed by atoms with van der Waals surface area (Å²) in [4.78, 5) is 15.0. The van der Waals surface area contributed by atoms with Crippen LogP contribution in [0, 0.1) is 6.92 Å². The summed E-state index contributed by atoms with van der Waals surface area (Å²) < 4.78 is 12.7. The lowest BCUT2D eigenvalue weighted by Gasteiger charge is -2.29.